The van der Waals surface area contributed by atoms with E-state index in [1.807, 2.05) is 53.4 Å². The van der Waals surface area contributed by atoms with Crippen LogP contribution in [0.5, 0.6) is 0 Å². The van der Waals surface area contributed by atoms with Crippen LogP contribution in [0, 0.1) is 0 Å². The second kappa shape index (κ2) is 7.38. The Labute approximate surface area is 161 Å². The molecule has 1 fully saturated rings. The topological polar surface area (TPSA) is 46.1 Å². The van der Waals surface area contributed by atoms with Crippen molar-refractivity contribution in [1.29, 1.82) is 0 Å². The van der Waals surface area contributed by atoms with Gasteiger partial charge in [0.25, 0.3) is 5.91 Å². The molecule has 2 aromatic carbocycles. The molecule has 0 spiro atoms. The van der Waals surface area contributed by atoms with Gasteiger partial charge in [-0.25, -0.2) is 9.97 Å². The van der Waals surface area contributed by atoms with E-state index in [0.717, 1.165) is 28.4 Å². The molecule has 130 valence electrons. The van der Waals surface area contributed by atoms with Crippen LogP contribution in [0.15, 0.2) is 71.5 Å². The second-order valence-corrected chi connectivity index (χ2v) is 7.37. The van der Waals surface area contributed by atoms with Crippen molar-refractivity contribution >= 4 is 21.8 Å². The highest BCUT2D eigenvalue weighted by atomic mass is 79.9. The molecule has 0 N–H and O–H groups in total. The Balaban J connectivity index is 1.54. The molecule has 1 aliphatic carbocycles. The molecule has 3 aromatic rings. The number of hydrogen-bond donors (Lipinski definition) is 0. The van der Waals surface area contributed by atoms with Gasteiger partial charge in [-0.05, 0) is 30.5 Å². The first-order chi connectivity index (χ1) is 12.7. The summed E-state index contributed by atoms with van der Waals surface area (Å²) in [6.07, 6.45) is 5.38. The molecular formula is C21H18BrN3O. The number of carbonyl (C=O) groups excluding carboxylic acids is 1. The third-order valence-electron chi connectivity index (χ3n) is 4.42. The summed E-state index contributed by atoms with van der Waals surface area (Å²) < 4.78 is 1.02. The Morgan fingerprint density at radius 2 is 1.77 bits per heavy atom. The molecule has 0 unspecified atom stereocenters. The lowest BCUT2D eigenvalue weighted by Gasteiger charge is -2.22. The van der Waals surface area contributed by atoms with Gasteiger partial charge in [-0.3, -0.25) is 4.79 Å². The van der Waals surface area contributed by atoms with E-state index in [0.29, 0.717) is 24.0 Å². The van der Waals surface area contributed by atoms with Crippen LogP contribution in [-0.4, -0.2) is 26.8 Å². The quantitative estimate of drug-likeness (QED) is 0.614. The smallest absolute Gasteiger partial charge is 0.257 e. The summed E-state index contributed by atoms with van der Waals surface area (Å²) in [7, 11) is 0. The summed E-state index contributed by atoms with van der Waals surface area (Å²) in [5.74, 6) is 0.624. The number of halogens is 1. The average molecular weight is 408 g/mol. The first-order valence-electron chi connectivity index (χ1n) is 8.63. The number of nitrogens with zero attached hydrogens (tertiary/aromatic N) is 3. The normalized spacial score (nSPS) is 13.4. The summed E-state index contributed by atoms with van der Waals surface area (Å²) in [6.45, 7) is 0.601. The predicted molar refractivity (Wildman–Crippen MR) is 105 cm³/mol. The van der Waals surface area contributed by atoms with Crippen LogP contribution in [0.2, 0.25) is 0 Å². The van der Waals surface area contributed by atoms with Gasteiger partial charge in [-0.15, -0.1) is 0 Å². The van der Waals surface area contributed by atoms with Gasteiger partial charge < -0.3 is 4.90 Å². The maximum Gasteiger partial charge on any atom is 0.257 e. The monoisotopic (exact) mass is 407 g/mol. The summed E-state index contributed by atoms with van der Waals surface area (Å²) >= 11 is 3.49. The first-order valence-corrected chi connectivity index (χ1v) is 9.43. The molecule has 1 heterocycles. The second-order valence-electron chi connectivity index (χ2n) is 6.46. The Hall–Kier alpha value is -2.53. The van der Waals surface area contributed by atoms with Gasteiger partial charge in [0.1, 0.15) is 0 Å². The predicted octanol–water partition coefficient (Wildman–Crippen LogP) is 4.71. The molecule has 0 atom stereocenters. The molecule has 1 aliphatic rings. The van der Waals surface area contributed by atoms with Gasteiger partial charge in [0.05, 0.1) is 5.56 Å². The van der Waals surface area contributed by atoms with Gasteiger partial charge >= 0.3 is 0 Å². The van der Waals surface area contributed by atoms with Gasteiger partial charge in [-0.2, -0.15) is 0 Å². The highest BCUT2D eigenvalue weighted by Crippen LogP contribution is 2.30. The number of rotatable bonds is 5. The summed E-state index contributed by atoms with van der Waals surface area (Å²) in [5.41, 5.74) is 2.59. The summed E-state index contributed by atoms with van der Waals surface area (Å²) in [6, 6.07) is 18.2. The number of aromatic nitrogens is 2. The molecule has 5 heteroatoms. The van der Waals surface area contributed by atoms with Crippen molar-refractivity contribution in [3.8, 4) is 11.4 Å². The van der Waals surface area contributed by atoms with Gasteiger partial charge in [0, 0.05) is 35.0 Å². The fourth-order valence-corrected chi connectivity index (χ4v) is 3.37. The first kappa shape index (κ1) is 16.9. The van der Waals surface area contributed by atoms with Crippen molar-refractivity contribution in [2.24, 2.45) is 0 Å². The molecule has 0 saturated heterocycles. The van der Waals surface area contributed by atoms with Crippen molar-refractivity contribution in [2.45, 2.75) is 25.4 Å². The van der Waals surface area contributed by atoms with E-state index >= 15 is 0 Å². The van der Waals surface area contributed by atoms with Crippen molar-refractivity contribution < 1.29 is 4.79 Å². The van der Waals surface area contributed by atoms with E-state index in [9.17, 15) is 4.79 Å². The van der Waals surface area contributed by atoms with Crippen LogP contribution in [-0.2, 0) is 6.54 Å². The lowest BCUT2D eigenvalue weighted by molar-refractivity contribution is 0.0729. The number of amides is 1. The van der Waals surface area contributed by atoms with Crippen molar-refractivity contribution in [2.75, 3.05) is 0 Å². The minimum Gasteiger partial charge on any atom is -0.331 e. The molecule has 4 rings (SSSR count). The molecule has 1 amide bonds. The zero-order valence-corrected chi connectivity index (χ0v) is 15.8. The van der Waals surface area contributed by atoms with E-state index in [4.69, 9.17) is 0 Å². The third kappa shape index (κ3) is 3.83. The Morgan fingerprint density at radius 1 is 1.04 bits per heavy atom. The van der Waals surface area contributed by atoms with Crippen molar-refractivity contribution in [3.05, 3.63) is 82.6 Å². The Bertz CT molecular complexity index is 908. The van der Waals surface area contributed by atoms with E-state index < -0.39 is 0 Å². The van der Waals surface area contributed by atoms with Crippen molar-refractivity contribution in [3.63, 3.8) is 0 Å². The highest BCUT2D eigenvalue weighted by Gasteiger charge is 2.33. The van der Waals surface area contributed by atoms with Gasteiger partial charge in [0.15, 0.2) is 5.82 Å². The molecule has 0 radical (unpaired) electrons. The molecule has 0 aliphatic heterocycles. The molecule has 1 saturated carbocycles. The van der Waals surface area contributed by atoms with Crippen LogP contribution >= 0.6 is 15.9 Å². The van der Waals surface area contributed by atoms with E-state index in [1.165, 1.54) is 0 Å². The zero-order valence-electron chi connectivity index (χ0n) is 14.2. The largest absolute Gasteiger partial charge is 0.331 e. The summed E-state index contributed by atoms with van der Waals surface area (Å²) in [4.78, 5) is 23.7. The number of benzene rings is 2. The van der Waals surface area contributed by atoms with Gasteiger partial charge in [-0.1, -0.05) is 58.4 Å². The maximum absolute atomic E-state index is 13.0. The van der Waals surface area contributed by atoms with Crippen LogP contribution in [0.1, 0.15) is 28.8 Å². The minimum atomic E-state index is -0.00733. The van der Waals surface area contributed by atoms with Crippen LogP contribution in [0.3, 0.4) is 0 Å². The molecule has 0 bridgehead atoms. The Kier molecular flexibility index (Phi) is 4.80. The van der Waals surface area contributed by atoms with Crippen LogP contribution in [0.4, 0.5) is 0 Å². The van der Waals surface area contributed by atoms with E-state index in [1.54, 1.807) is 12.4 Å². The fourth-order valence-electron chi connectivity index (χ4n) is 2.93. The third-order valence-corrected chi connectivity index (χ3v) is 4.91. The van der Waals surface area contributed by atoms with Crippen LogP contribution < -0.4 is 0 Å². The SMILES string of the molecule is O=C(c1cnc(-c2ccccc2)nc1)N(Cc1cccc(Br)c1)C1CC1. The average Bonchev–Trinajstić information content (AvgIpc) is 3.52. The molecule has 1 aromatic heterocycles. The molecule has 4 nitrogen and oxygen atoms in total. The number of carbonyl (C=O) groups is 1. The standard InChI is InChI=1S/C21H18BrN3O/c22-18-8-4-5-15(11-18)14-25(19-9-10-19)21(26)17-12-23-20(24-13-17)16-6-2-1-3-7-16/h1-8,11-13,19H,9-10,14H2. The van der Waals surface area contributed by atoms with Gasteiger partial charge in [0.2, 0.25) is 0 Å². The Morgan fingerprint density at radius 3 is 2.42 bits per heavy atom. The maximum atomic E-state index is 13.0. The van der Waals surface area contributed by atoms with E-state index in [-0.39, 0.29) is 5.91 Å². The van der Waals surface area contributed by atoms with E-state index in [2.05, 4.69) is 32.0 Å². The van der Waals surface area contributed by atoms with Crippen LogP contribution in [0.25, 0.3) is 11.4 Å². The minimum absolute atomic E-state index is 0.00733. The molecule has 26 heavy (non-hydrogen) atoms. The number of hydrogen-bond acceptors (Lipinski definition) is 3. The fraction of sp³-hybridized carbons (Fsp3) is 0.190. The summed E-state index contributed by atoms with van der Waals surface area (Å²) in [5, 5.41) is 0. The molecular weight excluding hydrogens is 390 g/mol. The van der Waals surface area contributed by atoms with Crippen molar-refractivity contribution in [1.82, 2.24) is 14.9 Å². The zero-order chi connectivity index (χ0) is 17.9. The highest BCUT2D eigenvalue weighted by molar-refractivity contribution is 9.10. The lowest BCUT2D eigenvalue weighted by atomic mass is 10.2. The lowest BCUT2D eigenvalue weighted by Crippen LogP contribution is -2.32.